The standard InChI is InChI=1S/C16H31N3O2S.HI/c1-3-17-15(18-12-16(20)9-6-10-16)19-13-7-5-8-14(11-13)22(21)4-2;/h13-14,20H,3-12H2,1-2H3,(H2,17,18,19);1H. The van der Waals surface area contributed by atoms with E-state index in [4.69, 9.17) is 0 Å². The van der Waals surface area contributed by atoms with Crippen molar-refractivity contribution in [3.63, 3.8) is 0 Å². The van der Waals surface area contributed by atoms with Gasteiger partial charge in [0.15, 0.2) is 5.96 Å². The monoisotopic (exact) mass is 457 g/mol. The molecule has 0 aromatic rings. The van der Waals surface area contributed by atoms with Crippen molar-refractivity contribution in [1.29, 1.82) is 0 Å². The van der Waals surface area contributed by atoms with E-state index in [-0.39, 0.29) is 24.0 Å². The summed E-state index contributed by atoms with van der Waals surface area (Å²) in [7, 11) is -0.703. The number of hydrogen-bond acceptors (Lipinski definition) is 3. The molecule has 0 saturated heterocycles. The van der Waals surface area contributed by atoms with Gasteiger partial charge in [0, 0.05) is 34.4 Å². The summed E-state index contributed by atoms with van der Waals surface area (Å²) >= 11 is 0. The largest absolute Gasteiger partial charge is 0.388 e. The second kappa shape index (κ2) is 10.2. The van der Waals surface area contributed by atoms with Gasteiger partial charge in [-0.2, -0.15) is 0 Å². The van der Waals surface area contributed by atoms with E-state index >= 15 is 0 Å². The minimum atomic E-state index is -0.703. The van der Waals surface area contributed by atoms with Crippen LogP contribution in [-0.2, 0) is 10.8 Å². The maximum absolute atomic E-state index is 12.0. The lowest BCUT2D eigenvalue weighted by Gasteiger charge is -2.35. The molecule has 2 aliphatic rings. The van der Waals surface area contributed by atoms with Gasteiger partial charge in [-0.05, 0) is 45.4 Å². The third-order valence-electron chi connectivity index (χ3n) is 4.78. The summed E-state index contributed by atoms with van der Waals surface area (Å²) in [6, 6.07) is 0.336. The molecule has 0 aromatic heterocycles. The van der Waals surface area contributed by atoms with Crippen LogP contribution in [0.2, 0.25) is 0 Å². The van der Waals surface area contributed by atoms with Crippen molar-refractivity contribution in [1.82, 2.24) is 10.6 Å². The Hall–Kier alpha value is 0.110. The number of rotatable bonds is 6. The highest BCUT2D eigenvalue weighted by Crippen LogP contribution is 2.31. The van der Waals surface area contributed by atoms with E-state index in [9.17, 15) is 9.32 Å². The molecule has 5 nitrogen and oxygen atoms in total. The molecule has 2 rings (SSSR count). The highest BCUT2D eigenvalue weighted by atomic mass is 127. The van der Waals surface area contributed by atoms with E-state index in [1.807, 2.05) is 13.8 Å². The third kappa shape index (κ3) is 6.49. The molecule has 0 spiro atoms. The Morgan fingerprint density at radius 1 is 1.30 bits per heavy atom. The molecule has 0 radical (unpaired) electrons. The highest BCUT2D eigenvalue weighted by molar-refractivity contribution is 14.0. The van der Waals surface area contributed by atoms with E-state index in [1.54, 1.807) is 0 Å². The smallest absolute Gasteiger partial charge is 0.191 e. The van der Waals surface area contributed by atoms with E-state index in [0.29, 0.717) is 17.8 Å². The first-order valence-electron chi connectivity index (χ1n) is 8.70. The zero-order valence-corrected chi connectivity index (χ0v) is 17.5. The molecule has 136 valence electrons. The molecule has 3 atom stereocenters. The number of nitrogens with zero attached hydrogens (tertiary/aromatic N) is 1. The van der Waals surface area contributed by atoms with Gasteiger partial charge in [-0.3, -0.25) is 9.20 Å². The Labute approximate surface area is 160 Å². The Morgan fingerprint density at radius 2 is 2.04 bits per heavy atom. The second-order valence-corrected chi connectivity index (χ2v) is 8.58. The molecule has 0 aliphatic heterocycles. The molecule has 2 aliphatic carbocycles. The van der Waals surface area contributed by atoms with Crippen LogP contribution >= 0.6 is 24.0 Å². The molecule has 0 bridgehead atoms. The second-order valence-electron chi connectivity index (χ2n) is 6.57. The molecule has 0 amide bonds. The van der Waals surface area contributed by atoms with Crippen molar-refractivity contribution < 1.29 is 9.32 Å². The lowest BCUT2D eigenvalue weighted by molar-refractivity contribution is -0.0236. The molecule has 2 saturated carbocycles. The van der Waals surface area contributed by atoms with Gasteiger partial charge in [0.2, 0.25) is 0 Å². The fourth-order valence-corrected chi connectivity index (χ4v) is 4.58. The van der Waals surface area contributed by atoms with Crippen LogP contribution in [0.1, 0.15) is 58.8 Å². The molecule has 2 fully saturated rings. The van der Waals surface area contributed by atoms with Crippen molar-refractivity contribution >= 4 is 40.7 Å². The maximum atomic E-state index is 12.0. The zero-order valence-electron chi connectivity index (χ0n) is 14.3. The molecular formula is C16H32IN3O2S. The Balaban J connectivity index is 0.00000264. The molecule has 3 N–H and O–H groups in total. The highest BCUT2D eigenvalue weighted by Gasteiger charge is 2.34. The van der Waals surface area contributed by atoms with Gasteiger partial charge in [0.05, 0.1) is 12.1 Å². The molecule has 23 heavy (non-hydrogen) atoms. The molecule has 3 unspecified atom stereocenters. The number of nitrogens with one attached hydrogen (secondary N) is 2. The minimum Gasteiger partial charge on any atom is -0.388 e. The SMILES string of the molecule is CCNC(=NCC1(O)CCC1)NC1CCCC(S(=O)CC)C1.I. The molecular weight excluding hydrogens is 425 g/mol. The molecule has 0 heterocycles. The van der Waals surface area contributed by atoms with Gasteiger partial charge in [-0.1, -0.05) is 13.3 Å². The first kappa shape index (κ1) is 21.2. The van der Waals surface area contributed by atoms with E-state index in [0.717, 1.165) is 63.2 Å². The van der Waals surface area contributed by atoms with E-state index in [1.165, 1.54) is 0 Å². The van der Waals surface area contributed by atoms with Gasteiger partial charge in [0.25, 0.3) is 0 Å². The number of aliphatic imine (C=N–C) groups is 1. The van der Waals surface area contributed by atoms with Crippen molar-refractivity contribution in [3.8, 4) is 0 Å². The fraction of sp³-hybridized carbons (Fsp3) is 0.938. The van der Waals surface area contributed by atoms with Crippen LogP contribution in [-0.4, -0.2) is 51.0 Å². The van der Waals surface area contributed by atoms with Crippen LogP contribution < -0.4 is 10.6 Å². The van der Waals surface area contributed by atoms with Gasteiger partial charge in [-0.25, -0.2) is 0 Å². The van der Waals surface area contributed by atoms with Crippen LogP contribution in [0, 0.1) is 0 Å². The van der Waals surface area contributed by atoms with E-state index in [2.05, 4.69) is 15.6 Å². The summed E-state index contributed by atoms with van der Waals surface area (Å²) < 4.78 is 12.0. The Morgan fingerprint density at radius 3 is 2.61 bits per heavy atom. The van der Waals surface area contributed by atoms with E-state index < -0.39 is 16.4 Å². The first-order valence-corrected chi connectivity index (χ1v) is 10.1. The van der Waals surface area contributed by atoms with Crippen molar-refractivity contribution in [2.75, 3.05) is 18.8 Å². The maximum Gasteiger partial charge on any atom is 0.191 e. The lowest BCUT2D eigenvalue weighted by Crippen LogP contribution is -2.48. The lowest BCUT2D eigenvalue weighted by atomic mass is 9.80. The average molecular weight is 457 g/mol. The fourth-order valence-electron chi connectivity index (χ4n) is 3.23. The van der Waals surface area contributed by atoms with Crippen LogP contribution in [0.25, 0.3) is 0 Å². The average Bonchev–Trinajstić information content (AvgIpc) is 2.50. The van der Waals surface area contributed by atoms with Crippen LogP contribution in [0.3, 0.4) is 0 Å². The summed E-state index contributed by atoms with van der Waals surface area (Å²) in [5.74, 6) is 1.54. The summed E-state index contributed by atoms with van der Waals surface area (Å²) in [5.41, 5.74) is -0.582. The Bertz CT molecular complexity index is 416. The van der Waals surface area contributed by atoms with Crippen molar-refractivity contribution in [2.45, 2.75) is 75.7 Å². The van der Waals surface area contributed by atoms with Gasteiger partial charge >= 0.3 is 0 Å². The quantitative estimate of drug-likeness (QED) is 0.325. The van der Waals surface area contributed by atoms with Gasteiger partial charge in [0.1, 0.15) is 0 Å². The number of aliphatic hydroxyl groups is 1. The van der Waals surface area contributed by atoms with Gasteiger partial charge in [-0.15, -0.1) is 24.0 Å². The van der Waals surface area contributed by atoms with Crippen molar-refractivity contribution in [2.24, 2.45) is 4.99 Å². The number of hydrogen-bond donors (Lipinski definition) is 3. The first-order chi connectivity index (χ1) is 10.6. The Kier molecular flexibility index (Phi) is 9.36. The summed E-state index contributed by atoms with van der Waals surface area (Å²) in [4.78, 5) is 4.56. The third-order valence-corrected chi connectivity index (χ3v) is 6.52. The van der Waals surface area contributed by atoms with Crippen molar-refractivity contribution in [3.05, 3.63) is 0 Å². The van der Waals surface area contributed by atoms with Crippen LogP contribution in [0.4, 0.5) is 0 Å². The number of halogens is 1. The zero-order chi connectivity index (χ0) is 16.0. The molecule has 0 aromatic carbocycles. The van der Waals surface area contributed by atoms with Crippen LogP contribution in [0.15, 0.2) is 4.99 Å². The van der Waals surface area contributed by atoms with Crippen LogP contribution in [0.5, 0.6) is 0 Å². The predicted molar refractivity (Wildman–Crippen MR) is 108 cm³/mol. The summed E-state index contributed by atoms with van der Waals surface area (Å²) in [5, 5.41) is 17.2. The summed E-state index contributed by atoms with van der Waals surface area (Å²) in [6.07, 6.45) is 7.07. The summed E-state index contributed by atoms with van der Waals surface area (Å²) in [6.45, 7) is 5.32. The van der Waals surface area contributed by atoms with Gasteiger partial charge < -0.3 is 15.7 Å². The normalized spacial score (nSPS) is 28.2. The molecule has 7 heteroatoms. The number of guanidine groups is 1. The minimum absolute atomic E-state index is 0. The topological polar surface area (TPSA) is 73.7 Å². The predicted octanol–water partition coefficient (Wildman–Crippen LogP) is 2.15.